The number of nitrogens with one attached hydrogen (secondary N) is 1. The Bertz CT molecular complexity index is 1080. The van der Waals surface area contributed by atoms with E-state index in [4.69, 9.17) is 0 Å². The summed E-state index contributed by atoms with van der Waals surface area (Å²) in [4.78, 5) is 14.4. The van der Waals surface area contributed by atoms with E-state index in [0.29, 0.717) is 30.8 Å². The van der Waals surface area contributed by atoms with Gasteiger partial charge in [0.2, 0.25) is 15.9 Å². The number of aromatic nitrogens is 1. The molecular weight excluding hydrogens is 418 g/mol. The lowest BCUT2D eigenvalue weighted by molar-refractivity contribution is -0.126. The second kappa shape index (κ2) is 8.75. The number of rotatable bonds is 6. The number of amides is 1. The Morgan fingerprint density at radius 3 is 2.43 bits per heavy atom. The molecule has 1 atom stereocenters. The minimum absolute atomic E-state index is 0.0194. The largest absolute Gasteiger partial charge is 0.356 e. The molecule has 6 nitrogen and oxygen atoms in total. The van der Waals surface area contributed by atoms with Crippen LogP contribution in [0.25, 0.3) is 0 Å². The number of hydrogen-bond acceptors (Lipinski definition) is 4. The molecule has 0 spiro atoms. The quantitative estimate of drug-likeness (QED) is 0.635. The Kier molecular flexibility index (Phi) is 6.08. The van der Waals surface area contributed by atoms with Gasteiger partial charge in [-0.15, -0.1) is 11.3 Å². The van der Waals surface area contributed by atoms with E-state index in [0.717, 1.165) is 10.4 Å². The Balaban J connectivity index is 1.42. The van der Waals surface area contributed by atoms with Crippen LogP contribution in [0.2, 0.25) is 0 Å². The van der Waals surface area contributed by atoms with Crippen molar-refractivity contribution in [2.24, 2.45) is 13.0 Å². The van der Waals surface area contributed by atoms with Gasteiger partial charge in [0.15, 0.2) is 0 Å². The van der Waals surface area contributed by atoms with Crippen LogP contribution in [0.5, 0.6) is 0 Å². The Labute approximate surface area is 181 Å². The summed E-state index contributed by atoms with van der Waals surface area (Å²) in [5, 5.41) is 5.20. The number of benzene rings is 1. The standard InChI is InChI=1S/C22H25N3O3S2/c1-24-12-11-19(16-24)30(27,28)25-13-9-18(10-14-25)22(26)23-21(20-8-5-15-29-20)17-6-3-2-4-7-17/h2-8,11-12,15-16,18,21H,9-10,13-14H2,1H3,(H,23,26). The number of aryl methyl sites for hydroxylation is 1. The van der Waals surface area contributed by atoms with Crippen LogP contribution in [-0.4, -0.2) is 36.3 Å². The van der Waals surface area contributed by atoms with E-state index < -0.39 is 10.0 Å². The molecule has 2 aromatic heterocycles. The van der Waals surface area contributed by atoms with E-state index in [-0.39, 0.29) is 17.9 Å². The maximum atomic E-state index is 13.0. The molecular formula is C22H25N3O3S2. The van der Waals surface area contributed by atoms with Crippen LogP contribution in [-0.2, 0) is 21.9 Å². The Morgan fingerprint density at radius 1 is 1.10 bits per heavy atom. The molecule has 1 saturated heterocycles. The first kappa shape index (κ1) is 20.8. The van der Waals surface area contributed by atoms with Crippen molar-refractivity contribution in [2.75, 3.05) is 13.1 Å². The highest BCUT2D eigenvalue weighted by Crippen LogP contribution is 2.28. The van der Waals surface area contributed by atoms with Crippen LogP contribution in [0.15, 0.2) is 71.2 Å². The lowest BCUT2D eigenvalue weighted by Crippen LogP contribution is -2.43. The van der Waals surface area contributed by atoms with E-state index in [2.05, 4.69) is 5.32 Å². The fraction of sp³-hybridized carbons (Fsp3) is 0.318. The zero-order valence-corrected chi connectivity index (χ0v) is 18.4. The van der Waals surface area contributed by atoms with Crippen LogP contribution in [0, 0.1) is 5.92 Å². The molecule has 0 bridgehead atoms. The molecule has 1 unspecified atom stereocenters. The van der Waals surface area contributed by atoms with Crippen molar-refractivity contribution in [1.82, 2.24) is 14.2 Å². The van der Waals surface area contributed by atoms with Crippen LogP contribution >= 0.6 is 11.3 Å². The summed E-state index contributed by atoms with van der Waals surface area (Å²) in [6.45, 7) is 0.703. The summed E-state index contributed by atoms with van der Waals surface area (Å²) in [5.74, 6) is -0.215. The maximum absolute atomic E-state index is 13.0. The number of carbonyl (C=O) groups is 1. The smallest absolute Gasteiger partial charge is 0.244 e. The third-order valence-electron chi connectivity index (χ3n) is 5.51. The summed E-state index contributed by atoms with van der Waals surface area (Å²) in [6.07, 6.45) is 4.37. The van der Waals surface area contributed by atoms with Crippen LogP contribution in [0.3, 0.4) is 0 Å². The zero-order valence-electron chi connectivity index (χ0n) is 16.8. The first-order valence-corrected chi connectivity index (χ1v) is 12.3. The molecule has 158 valence electrons. The molecule has 1 amide bonds. The van der Waals surface area contributed by atoms with Gasteiger partial charge in [-0.3, -0.25) is 4.79 Å². The highest BCUT2D eigenvalue weighted by atomic mass is 32.2. The first-order valence-electron chi connectivity index (χ1n) is 9.96. The van der Waals surface area contributed by atoms with Gasteiger partial charge in [0.1, 0.15) is 0 Å². The van der Waals surface area contributed by atoms with Gasteiger partial charge in [0.05, 0.1) is 10.9 Å². The normalized spacial score (nSPS) is 17.0. The predicted molar refractivity (Wildman–Crippen MR) is 118 cm³/mol. The number of sulfonamides is 1. The lowest BCUT2D eigenvalue weighted by Gasteiger charge is -2.31. The van der Waals surface area contributed by atoms with Crippen molar-refractivity contribution in [3.8, 4) is 0 Å². The second-order valence-corrected chi connectivity index (χ2v) is 10.5. The number of nitrogens with zero attached hydrogens (tertiary/aromatic N) is 2. The maximum Gasteiger partial charge on any atom is 0.244 e. The third-order valence-corrected chi connectivity index (χ3v) is 8.33. The predicted octanol–water partition coefficient (Wildman–Crippen LogP) is 3.39. The van der Waals surface area contributed by atoms with Gasteiger partial charge < -0.3 is 9.88 Å². The Morgan fingerprint density at radius 2 is 1.83 bits per heavy atom. The number of carbonyl (C=O) groups excluding carboxylic acids is 1. The highest BCUT2D eigenvalue weighted by Gasteiger charge is 2.33. The topological polar surface area (TPSA) is 71.4 Å². The molecule has 1 N–H and O–H groups in total. The average molecular weight is 444 g/mol. The number of thiophene rings is 1. The SMILES string of the molecule is Cn1ccc(S(=O)(=O)N2CCC(C(=O)NC(c3ccccc3)c3cccs3)CC2)c1. The molecule has 30 heavy (non-hydrogen) atoms. The molecule has 8 heteroatoms. The minimum atomic E-state index is -3.51. The van der Waals surface area contributed by atoms with Gasteiger partial charge in [-0.2, -0.15) is 4.31 Å². The molecule has 3 heterocycles. The van der Waals surface area contributed by atoms with E-state index in [1.807, 2.05) is 47.8 Å². The molecule has 1 aliphatic rings. The number of piperidine rings is 1. The molecule has 0 radical (unpaired) electrons. The summed E-state index contributed by atoms with van der Waals surface area (Å²) >= 11 is 1.61. The van der Waals surface area contributed by atoms with Crippen molar-refractivity contribution in [2.45, 2.75) is 23.8 Å². The number of hydrogen-bond donors (Lipinski definition) is 1. The van der Waals surface area contributed by atoms with Crippen molar-refractivity contribution in [3.05, 3.63) is 76.7 Å². The fourth-order valence-corrected chi connectivity index (χ4v) is 6.14. The third kappa shape index (κ3) is 4.35. The van der Waals surface area contributed by atoms with Gasteiger partial charge >= 0.3 is 0 Å². The van der Waals surface area contributed by atoms with Crippen molar-refractivity contribution >= 4 is 27.3 Å². The minimum Gasteiger partial charge on any atom is -0.356 e. The van der Waals surface area contributed by atoms with Gasteiger partial charge in [-0.05, 0) is 35.9 Å². The summed E-state index contributed by atoms with van der Waals surface area (Å²) in [5.41, 5.74) is 1.04. The van der Waals surface area contributed by atoms with Crippen molar-refractivity contribution < 1.29 is 13.2 Å². The van der Waals surface area contributed by atoms with E-state index in [9.17, 15) is 13.2 Å². The molecule has 0 aliphatic carbocycles. The molecule has 1 fully saturated rings. The monoisotopic (exact) mass is 443 g/mol. The summed E-state index contributed by atoms with van der Waals surface area (Å²) < 4.78 is 28.8. The van der Waals surface area contributed by atoms with Crippen molar-refractivity contribution in [3.63, 3.8) is 0 Å². The molecule has 1 aromatic carbocycles. The first-order chi connectivity index (χ1) is 14.4. The second-order valence-electron chi connectivity index (χ2n) is 7.56. The lowest BCUT2D eigenvalue weighted by atomic mass is 9.96. The summed E-state index contributed by atoms with van der Waals surface area (Å²) in [6, 6.07) is 15.3. The molecule has 1 aliphatic heterocycles. The summed E-state index contributed by atoms with van der Waals surface area (Å²) in [7, 11) is -1.71. The van der Waals surface area contributed by atoms with Crippen LogP contribution in [0.4, 0.5) is 0 Å². The van der Waals surface area contributed by atoms with Gasteiger partial charge in [0.25, 0.3) is 0 Å². The van der Waals surface area contributed by atoms with Gasteiger partial charge in [0, 0.05) is 43.3 Å². The van der Waals surface area contributed by atoms with Gasteiger partial charge in [-0.25, -0.2) is 8.42 Å². The Hall–Kier alpha value is -2.42. The zero-order chi connectivity index (χ0) is 21.1. The molecule has 4 rings (SSSR count). The van der Waals surface area contributed by atoms with Gasteiger partial charge in [-0.1, -0.05) is 36.4 Å². The molecule has 3 aromatic rings. The average Bonchev–Trinajstić information content (AvgIpc) is 3.45. The fourth-order valence-electron chi connectivity index (χ4n) is 3.82. The van der Waals surface area contributed by atoms with E-state index >= 15 is 0 Å². The van der Waals surface area contributed by atoms with Crippen LogP contribution < -0.4 is 5.32 Å². The van der Waals surface area contributed by atoms with Crippen LogP contribution in [0.1, 0.15) is 29.3 Å². The highest BCUT2D eigenvalue weighted by molar-refractivity contribution is 7.89. The molecule has 0 saturated carbocycles. The van der Waals surface area contributed by atoms with E-state index in [1.54, 1.807) is 41.4 Å². The van der Waals surface area contributed by atoms with E-state index in [1.165, 1.54) is 4.31 Å². The van der Waals surface area contributed by atoms with Crippen molar-refractivity contribution in [1.29, 1.82) is 0 Å².